The summed E-state index contributed by atoms with van der Waals surface area (Å²) in [7, 11) is 0. The molecule has 0 saturated heterocycles. The van der Waals surface area contributed by atoms with Crippen LogP contribution in [0.25, 0.3) is 0 Å². The van der Waals surface area contributed by atoms with Crippen LogP contribution in [0.5, 0.6) is 0 Å². The van der Waals surface area contributed by atoms with Crippen molar-refractivity contribution < 1.29 is 0 Å². The third-order valence-corrected chi connectivity index (χ3v) is 3.43. The maximum Gasteiger partial charge on any atom is 0.186 e. The molecule has 0 aliphatic heterocycles. The Hall–Kier alpha value is -1.13. The fourth-order valence-electron chi connectivity index (χ4n) is 1.60. The molecule has 0 aliphatic rings. The lowest BCUT2D eigenvalue weighted by Gasteiger charge is -2.12. The molecule has 0 spiro atoms. The summed E-state index contributed by atoms with van der Waals surface area (Å²) >= 11 is 7.00. The van der Waals surface area contributed by atoms with Crippen LogP contribution >= 0.6 is 23.3 Å². The molecular formula is C12H14ClN3S. The maximum atomic E-state index is 5.88. The second-order valence-electron chi connectivity index (χ2n) is 3.97. The lowest BCUT2D eigenvalue weighted by molar-refractivity contribution is 0.704. The van der Waals surface area contributed by atoms with Gasteiger partial charge in [0.25, 0.3) is 0 Å². The quantitative estimate of drug-likeness (QED) is 0.899. The molecule has 5 heteroatoms. The van der Waals surface area contributed by atoms with Crippen LogP contribution in [-0.4, -0.2) is 14.8 Å². The first kappa shape index (κ1) is 12.3. The number of aromatic nitrogens is 2. The Morgan fingerprint density at radius 2 is 2.06 bits per heavy atom. The van der Waals surface area contributed by atoms with Crippen molar-refractivity contribution in [3.8, 4) is 0 Å². The van der Waals surface area contributed by atoms with Crippen molar-refractivity contribution in [2.75, 3.05) is 5.32 Å². The van der Waals surface area contributed by atoms with Gasteiger partial charge in [0, 0.05) is 6.04 Å². The summed E-state index contributed by atoms with van der Waals surface area (Å²) in [4.78, 5) is 0. The second-order valence-corrected chi connectivity index (χ2v) is 4.86. The minimum Gasteiger partial charge on any atom is -0.364 e. The number of nitrogens with zero attached hydrogens (tertiary/aromatic N) is 2. The lowest BCUT2D eigenvalue weighted by atomic mass is 10.1. The molecule has 0 saturated carbocycles. The monoisotopic (exact) mass is 267 g/mol. The van der Waals surface area contributed by atoms with E-state index in [-0.39, 0.29) is 0 Å². The van der Waals surface area contributed by atoms with E-state index in [0.29, 0.717) is 17.0 Å². The predicted molar refractivity (Wildman–Crippen MR) is 72.8 cm³/mol. The molecule has 3 nitrogen and oxygen atoms in total. The fourth-order valence-corrected chi connectivity index (χ4v) is 2.26. The zero-order valence-corrected chi connectivity index (χ0v) is 11.1. The molecule has 1 aromatic carbocycles. The molecule has 1 heterocycles. The number of hydrogen-bond donors (Lipinski definition) is 1. The molecule has 0 fully saturated rings. The normalized spacial score (nSPS) is 12.4. The van der Waals surface area contributed by atoms with Gasteiger partial charge in [0.05, 0.1) is 11.7 Å². The van der Waals surface area contributed by atoms with Crippen molar-refractivity contribution in [2.24, 2.45) is 0 Å². The van der Waals surface area contributed by atoms with E-state index in [2.05, 4.69) is 45.3 Å². The van der Waals surface area contributed by atoms with E-state index in [9.17, 15) is 0 Å². The van der Waals surface area contributed by atoms with E-state index >= 15 is 0 Å². The van der Waals surface area contributed by atoms with Crippen LogP contribution in [0.3, 0.4) is 0 Å². The molecule has 2 rings (SSSR count). The SMILES string of the molecule is CC(CCc1ccccc1)Nc1nsnc1Cl. The predicted octanol–water partition coefficient (Wildman–Crippen LogP) is 3.62. The van der Waals surface area contributed by atoms with Gasteiger partial charge in [0.1, 0.15) is 0 Å². The van der Waals surface area contributed by atoms with Crippen molar-refractivity contribution in [2.45, 2.75) is 25.8 Å². The van der Waals surface area contributed by atoms with Crippen LogP contribution in [0.1, 0.15) is 18.9 Å². The van der Waals surface area contributed by atoms with Crippen molar-refractivity contribution >= 4 is 29.1 Å². The molecular weight excluding hydrogens is 254 g/mol. The Kier molecular flexibility index (Phi) is 4.34. The Labute approximate surface area is 110 Å². The van der Waals surface area contributed by atoms with Gasteiger partial charge in [-0.15, -0.1) is 0 Å². The molecule has 90 valence electrons. The number of rotatable bonds is 5. The van der Waals surface area contributed by atoms with Gasteiger partial charge in [-0.3, -0.25) is 0 Å². The third-order valence-electron chi connectivity index (χ3n) is 2.54. The molecule has 2 aromatic rings. The van der Waals surface area contributed by atoms with E-state index in [1.54, 1.807) is 0 Å². The van der Waals surface area contributed by atoms with Gasteiger partial charge < -0.3 is 5.32 Å². The summed E-state index contributed by atoms with van der Waals surface area (Å²) in [5.41, 5.74) is 1.35. The van der Waals surface area contributed by atoms with Crippen LogP contribution in [0, 0.1) is 0 Å². The van der Waals surface area contributed by atoms with E-state index in [0.717, 1.165) is 24.6 Å². The Morgan fingerprint density at radius 1 is 1.29 bits per heavy atom. The van der Waals surface area contributed by atoms with Gasteiger partial charge in [-0.1, -0.05) is 41.9 Å². The first-order chi connectivity index (χ1) is 8.25. The average molecular weight is 268 g/mol. The number of benzene rings is 1. The van der Waals surface area contributed by atoms with Crippen LogP contribution in [0.15, 0.2) is 30.3 Å². The summed E-state index contributed by atoms with van der Waals surface area (Å²) in [6, 6.07) is 10.8. The van der Waals surface area contributed by atoms with Gasteiger partial charge in [0.2, 0.25) is 0 Å². The van der Waals surface area contributed by atoms with Gasteiger partial charge in [-0.2, -0.15) is 8.75 Å². The zero-order chi connectivity index (χ0) is 12.1. The largest absolute Gasteiger partial charge is 0.364 e. The average Bonchev–Trinajstić information content (AvgIpc) is 2.74. The van der Waals surface area contributed by atoms with E-state index in [4.69, 9.17) is 11.6 Å². The highest BCUT2D eigenvalue weighted by atomic mass is 35.5. The molecule has 0 amide bonds. The van der Waals surface area contributed by atoms with E-state index in [1.807, 2.05) is 6.07 Å². The highest BCUT2D eigenvalue weighted by Gasteiger charge is 2.08. The van der Waals surface area contributed by atoms with E-state index in [1.165, 1.54) is 5.56 Å². The number of aryl methyl sites for hydroxylation is 1. The Balaban J connectivity index is 1.82. The zero-order valence-electron chi connectivity index (χ0n) is 9.56. The van der Waals surface area contributed by atoms with E-state index < -0.39 is 0 Å². The van der Waals surface area contributed by atoms with Crippen LogP contribution in [-0.2, 0) is 6.42 Å². The summed E-state index contributed by atoms with van der Waals surface area (Å²) in [6.45, 7) is 2.12. The third kappa shape index (κ3) is 3.68. The van der Waals surface area contributed by atoms with Crippen molar-refractivity contribution in [1.82, 2.24) is 8.75 Å². The number of halogens is 1. The summed E-state index contributed by atoms with van der Waals surface area (Å²) in [6.07, 6.45) is 2.09. The molecule has 1 unspecified atom stereocenters. The first-order valence-electron chi connectivity index (χ1n) is 5.54. The van der Waals surface area contributed by atoms with Crippen molar-refractivity contribution in [1.29, 1.82) is 0 Å². The number of nitrogens with one attached hydrogen (secondary N) is 1. The first-order valence-corrected chi connectivity index (χ1v) is 6.65. The Morgan fingerprint density at radius 3 is 2.71 bits per heavy atom. The van der Waals surface area contributed by atoms with Gasteiger partial charge in [0.15, 0.2) is 11.0 Å². The fraction of sp³-hybridized carbons (Fsp3) is 0.333. The molecule has 0 radical (unpaired) electrons. The second kappa shape index (κ2) is 5.98. The summed E-state index contributed by atoms with van der Waals surface area (Å²) in [5.74, 6) is 0.692. The maximum absolute atomic E-state index is 5.88. The van der Waals surface area contributed by atoms with Crippen molar-refractivity contribution in [3.63, 3.8) is 0 Å². The molecule has 1 atom stereocenters. The Bertz CT molecular complexity index is 458. The summed E-state index contributed by atoms with van der Waals surface area (Å²) < 4.78 is 8.02. The van der Waals surface area contributed by atoms with Gasteiger partial charge >= 0.3 is 0 Å². The van der Waals surface area contributed by atoms with Crippen LogP contribution < -0.4 is 5.32 Å². The number of hydrogen-bond acceptors (Lipinski definition) is 4. The highest BCUT2D eigenvalue weighted by Crippen LogP contribution is 2.19. The van der Waals surface area contributed by atoms with Crippen LogP contribution in [0.4, 0.5) is 5.82 Å². The minimum absolute atomic E-state index is 0.330. The molecule has 17 heavy (non-hydrogen) atoms. The molecule has 0 aliphatic carbocycles. The smallest absolute Gasteiger partial charge is 0.186 e. The topological polar surface area (TPSA) is 37.8 Å². The van der Waals surface area contributed by atoms with Gasteiger partial charge in [-0.05, 0) is 25.3 Å². The molecule has 0 bridgehead atoms. The summed E-state index contributed by atoms with van der Waals surface area (Å²) in [5, 5.41) is 3.73. The minimum atomic E-state index is 0.330. The number of anilines is 1. The highest BCUT2D eigenvalue weighted by molar-refractivity contribution is 6.99. The standard InChI is InChI=1S/C12H14ClN3S/c1-9(14-12-11(13)15-17-16-12)7-8-10-5-3-2-4-6-10/h2-6,9H,7-8H2,1H3,(H,14,16). The van der Waals surface area contributed by atoms with Crippen LogP contribution in [0.2, 0.25) is 5.15 Å². The van der Waals surface area contributed by atoms with Crippen molar-refractivity contribution in [3.05, 3.63) is 41.0 Å². The lowest BCUT2D eigenvalue weighted by Crippen LogP contribution is -2.16. The molecule has 1 aromatic heterocycles. The molecule has 1 N–H and O–H groups in total. The van der Waals surface area contributed by atoms with Gasteiger partial charge in [-0.25, -0.2) is 0 Å².